The second-order valence-corrected chi connectivity index (χ2v) is 12.1. The Labute approximate surface area is 250 Å². The van der Waals surface area contributed by atoms with Crippen molar-refractivity contribution in [3.8, 4) is 0 Å². The first-order valence-electron chi connectivity index (χ1n) is 16.1. The lowest BCUT2D eigenvalue weighted by Gasteiger charge is -2.23. The maximum absolute atomic E-state index is 12.6. The number of phosphoric acid groups is 1. The molecule has 0 bridgehead atoms. The molecule has 3 atom stereocenters. The Morgan fingerprint density at radius 3 is 1.95 bits per heavy atom. The van der Waals surface area contributed by atoms with Crippen LogP contribution in [-0.4, -0.2) is 47.8 Å². The van der Waals surface area contributed by atoms with Gasteiger partial charge in [0, 0.05) is 13.0 Å². The summed E-state index contributed by atoms with van der Waals surface area (Å²) >= 11 is 0. The van der Waals surface area contributed by atoms with Crippen LogP contribution in [-0.2, 0) is 18.4 Å². The predicted octanol–water partition coefficient (Wildman–Crippen LogP) is 7.65. The van der Waals surface area contributed by atoms with Gasteiger partial charge in [-0.3, -0.25) is 13.8 Å². The van der Waals surface area contributed by atoms with Crippen molar-refractivity contribution >= 4 is 13.7 Å². The lowest BCUT2D eigenvalue weighted by Crippen LogP contribution is -2.45. The molecule has 0 radical (unpaired) electrons. The molecule has 0 spiro atoms. The third-order valence-electron chi connectivity index (χ3n) is 6.69. The summed E-state index contributed by atoms with van der Waals surface area (Å²) in [7, 11) is -4.33. The van der Waals surface area contributed by atoms with Crippen LogP contribution < -0.4 is 11.1 Å². The van der Waals surface area contributed by atoms with Crippen molar-refractivity contribution in [2.75, 3.05) is 19.8 Å². The van der Waals surface area contributed by atoms with E-state index in [-0.39, 0.29) is 25.7 Å². The van der Waals surface area contributed by atoms with E-state index in [2.05, 4.69) is 43.5 Å². The third kappa shape index (κ3) is 27.3. The molecule has 0 saturated carbocycles. The van der Waals surface area contributed by atoms with E-state index in [1.165, 1.54) is 57.8 Å². The molecular weight excluding hydrogens is 539 g/mol. The average Bonchev–Trinajstić information content (AvgIpc) is 2.95. The molecule has 0 aromatic carbocycles. The largest absolute Gasteiger partial charge is 0.472 e. The molecule has 1 amide bonds. The Kier molecular flexibility index (Phi) is 27.9. The molecule has 0 aromatic rings. The van der Waals surface area contributed by atoms with E-state index in [9.17, 15) is 19.4 Å². The summed E-state index contributed by atoms with van der Waals surface area (Å²) in [6.07, 6.45) is 30.6. The van der Waals surface area contributed by atoms with E-state index < -0.39 is 20.0 Å². The van der Waals surface area contributed by atoms with E-state index >= 15 is 0 Å². The van der Waals surface area contributed by atoms with E-state index in [1.807, 2.05) is 6.08 Å². The molecule has 0 fully saturated rings. The molecule has 240 valence electrons. The molecule has 5 N–H and O–H groups in total. The van der Waals surface area contributed by atoms with Crippen LogP contribution in [0.3, 0.4) is 0 Å². The average molecular weight is 601 g/mol. The van der Waals surface area contributed by atoms with Gasteiger partial charge in [0.1, 0.15) is 0 Å². The lowest BCUT2D eigenvalue weighted by atomic mass is 10.1. The van der Waals surface area contributed by atoms with Gasteiger partial charge in [0.2, 0.25) is 5.91 Å². The standard InChI is InChI=1S/C32H61N2O6P/c1-3-5-7-9-11-13-14-15-16-17-18-20-22-24-26-32(36)34-30(29-40-41(37,38)39-28-27-33)31(35)25-23-21-19-12-10-8-6-4-2/h10,12,14-15,23,25,30-31,35H,3-9,11,13,16-22,24,26-29,33H2,1-2H3,(H,34,36)(H,37,38)/b12-10+,15-14-,25-23+. The number of hydrogen-bond acceptors (Lipinski definition) is 6. The van der Waals surface area contributed by atoms with Gasteiger partial charge >= 0.3 is 7.82 Å². The minimum atomic E-state index is -4.33. The van der Waals surface area contributed by atoms with Gasteiger partial charge in [-0.05, 0) is 51.4 Å². The minimum absolute atomic E-state index is 0.0716. The summed E-state index contributed by atoms with van der Waals surface area (Å²) in [5, 5.41) is 13.4. The highest BCUT2D eigenvalue weighted by Crippen LogP contribution is 2.43. The van der Waals surface area contributed by atoms with E-state index in [4.69, 9.17) is 14.8 Å². The maximum atomic E-state index is 12.6. The summed E-state index contributed by atoms with van der Waals surface area (Å²) < 4.78 is 21.8. The van der Waals surface area contributed by atoms with Gasteiger partial charge in [-0.15, -0.1) is 0 Å². The van der Waals surface area contributed by atoms with Crippen LogP contribution in [0.15, 0.2) is 36.5 Å². The summed E-state index contributed by atoms with van der Waals surface area (Å²) in [6, 6.07) is -0.876. The summed E-state index contributed by atoms with van der Waals surface area (Å²) in [5.74, 6) is -0.220. The van der Waals surface area contributed by atoms with Crippen molar-refractivity contribution < 1.29 is 28.4 Å². The van der Waals surface area contributed by atoms with Crippen molar-refractivity contribution in [2.24, 2.45) is 5.73 Å². The van der Waals surface area contributed by atoms with E-state index in [1.54, 1.807) is 6.08 Å². The van der Waals surface area contributed by atoms with Crippen LogP contribution in [0.4, 0.5) is 0 Å². The maximum Gasteiger partial charge on any atom is 0.472 e. The number of nitrogens with two attached hydrogens (primary N) is 1. The number of hydrogen-bond donors (Lipinski definition) is 4. The minimum Gasteiger partial charge on any atom is -0.387 e. The molecule has 9 heteroatoms. The monoisotopic (exact) mass is 600 g/mol. The summed E-state index contributed by atoms with van der Waals surface area (Å²) in [6.45, 7) is 3.98. The number of phosphoric ester groups is 1. The third-order valence-corrected chi connectivity index (χ3v) is 7.67. The predicted molar refractivity (Wildman–Crippen MR) is 171 cm³/mol. The number of carbonyl (C=O) groups excluding carboxylic acids is 1. The SMILES string of the molecule is CCCC/C=C/CC/C=C/C(O)C(COP(=O)(O)OCCN)NC(=O)CCCCCCC/C=C\CCCCCCC. The van der Waals surface area contributed by atoms with Crippen LogP contribution in [0.5, 0.6) is 0 Å². The molecule has 0 aromatic heterocycles. The van der Waals surface area contributed by atoms with Crippen molar-refractivity contribution in [3.05, 3.63) is 36.5 Å². The fourth-order valence-corrected chi connectivity index (χ4v) is 4.94. The molecule has 0 saturated heterocycles. The number of allylic oxidation sites excluding steroid dienone is 5. The molecule has 8 nitrogen and oxygen atoms in total. The van der Waals surface area contributed by atoms with Gasteiger partial charge in [0.25, 0.3) is 0 Å². The molecule has 0 aliphatic rings. The molecule has 3 unspecified atom stereocenters. The van der Waals surface area contributed by atoms with Gasteiger partial charge in [0.05, 0.1) is 25.4 Å². The molecular formula is C32H61N2O6P. The van der Waals surface area contributed by atoms with E-state index in [0.29, 0.717) is 6.42 Å². The van der Waals surface area contributed by atoms with Gasteiger partial charge in [-0.2, -0.15) is 0 Å². The van der Waals surface area contributed by atoms with Crippen molar-refractivity contribution in [1.82, 2.24) is 5.32 Å². The lowest BCUT2D eigenvalue weighted by molar-refractivity contribution is -0.123. The van der Waals surface area contributed by atoms with Crippen molar-refractivity contribution in [3.63, 3.8) is 0 Å². The molecule has 0 aliphatic heterocycles. The number of rotatable bonds is 29. The molecule has 0 aliphatic carbocycles. The number of aliphatic hydroxyl groups excluding tert-OH is 1. The number of aliphatic hydroxyl groups is 1. The van der Waals surface area contributed by atoms with Crippen LogP contribution in [0.2, 0.25) is 0 Å². The quantitative estimate of drug-likeness (QED) is 0.0394. The van der Waals surface area contributed by atoms with E-state index in [0.717, 1.165) is 51.4 Å². The Balaban J connectivity index is 4.41. The molecule has 41 heavy (non-hydrogen) atoms. The Morgan fingerprint density at radius 2 is 1.32 bits per heavy atom. The fourth-order valence-electron chi connectivity index (χ4n) is 4.18. The van der Waals surface area contributed by atoms with Gasteiger partial charge < -0.3 is 21.1 Å². The number of nitrogens with one attached hydrogen (secondary N) is 1. The van der Waals surface area contributed by atoms with Crippen LogP contribution in [0, 0.1) is 0 Å². The molecule has 0 heterocycles. The smallest absolute Gasteiger partial charge is 0.387 e. The first-order chi connectivity index (χ1) is 19.9. The second-order valence-electron chi connectivity index (χ2n) is 10.7. The highest BCUT2D eigenvalue weighted by molar-refractivity contribution is 7.47. The van der Waals surface area contributed by atoms with Gasteiger partial charge in [-0.25, -0.2) is 4.57 Å². The first kappa shape index (κ1) is 39.7. The Morgan fingerprint density at radius 1 is 0.780 bits per heavy atom. The zero-order valence-electron chi connectivity index (χ0n) is 26.0. The Hall–Kier alpha value is -1.28. The summed E-state index contributed by atoms with van der Waals surface area (Å²) in [4.78, 5) is 22.4. The number of carbonyl (C=O) groups is 1. The van der Waals surface area contributed by atoms with Crippen LogP contribution in [0.1, 0.15) is 129 Å². The summed E-state index contributed by atoms with van der Waals surface area (Å²) in [5.41, 5.74) is 5.32. The van der Waals surface area contributed by atoms with Gasteiger partial charge in [-0.1, -0.05) is 108 Å². The second kappa shape index (κ2) is 28.8. The topological polar surface area (TPSA) is 131 Å². The zero-order valence-corrected chi connectivity index (χ0v) is 26.9. The fraction of sp³-hybridized carbons (Fsp3) is 0.781. The normalized spacial score (nSPS) is 15.1. The molecule has 0 rings (SSSR count). The highest BCUT2D eigenvalue weighted by Gasteiger charge is 2.26. The van der Waals surface area contributed by atoms with Crippen molar-refractivity contribution in [2.45, 2.75) is 142 Å². The number of unbranched alkanes of at least 4 members (excludes halogenated alkanes) is 13. The number of amides is 1. The van der Waals surface area contributed by atoms with Crippen LogP contribution in [0.25, 0.3) is 0 Å². The zero-order chi connectivity index (χ0) is 30.4. The first-order valence-corrected chi connectivity index (χ1v) is 17.6. The highest BCUT2D eigenvalue weighted by atomic mass is 31.2. The Bertz CT molecular complexity index is 744. The van der Waals surface area contributed by atoms with Crippen molar-refractivity contribution in [1.29, 1.82) is 0 Å². The van der Waals surface area contributed by atoms with Gasteiger partial charge in [0.15, 0.2) is 0 Å². The van der Waals surface area contributed by atoms with Crippen LogP contribution >= 0.6 is 7.82 Å².